The molecule has 2 heteroatoms. The van der Waals surface area contributed by atoms with Crippen molar-refractivity contribution in [3.05, 3.63) is 107 Å². The average Bonchev–Trinajstić information content (AvgIpc) is 2.90. The third-order valence-electron chi connectivity index (χ3n) is 8.13. The zero-order valence-electron chi connectivity index (χ0n) is 18.4. The van der Waals surface area contributed by atoms with Crippen LogP contribution in [-0.4, -0.2) is 9.97 Å². The van der Waals surface area contributed by atoms with Gasteiger partial charge in [0.05, 0.1) is 11.4 Å². The first-order valence-corrected chi connectivity index (χ1v) is 11.9. The van der Waals surface area contributed by atoms with Gasteiger partial charge < -0.3 is 0 Å². The fourth-order valence-electron chi connectivity index (χ4n) is 6.69. The van der Waals surface area contributed by atoms with Crippen molar-refractivity contribution >= 4 is 43.1 Å². The summed E-state index contributed by atoms with van der Waals surface area (Å²) >= 11 is 0. The Morgan fingerprint density at radius 3 is 1.38 bits per heavy atom. The third kappa shape index (κ3) is 1.91. The van der Waals surface area contributed by atoms with Crippen LogP contribution in [0.4, 0.5) is 0 Å². The number of hydrogen-bond acceptors (Lipinski definition) is 2. The molecule has 0 unspecified atom stereocenters. The lowest BCUT2D eigenvalue weighted by atomic mass is 9.80. The maximum Gasteiger partial charge on any atom is 0.0786 e. The van der Waals surface area contributed by atoms with E-state index in [2.05, 4.69) is 85.2 Å². The quantitative estimate of drug-likeness (QED) is 0.182. The molecule has 2 heterocycles. The van der Waals surface area contributed by atoms with Gasteiger partial charge in [0.15, 0.2) is 0 Å². The summed E-state index contributed by atoms with van der Waals surface area (Å²) in [5.41, 5.74) is 10.2. The van der Waals surface area contributed by atoms with E-state index in [1.54, 1.807) is 0 Å². The van der Waals surface area contributed by atoms with Gasteiger partial charge in [-0.25, -0.2) is 0 Å². The normalized spacial score (nSPS) is 13.6. The SMILES string of the molecule is c1ccc2c(c1)Cc1ccc3c4cnc5c6c(ccc(c7cnc-2c1c37)c64)Cc1ccccc1-5. The van der Waals surface area contributed by atoms with Crippen LogP contribution in [0.1, 0.15) is 22.3 Å². The van der Waals surface area contributed by atoms with Gasteiger partial charge in [-0.05, 0) is 45.9 Å². The van der Waals surface area contributed by atoms with Crippen LogP contribution >= 0.6 is 0 Å². The Morgan fingerprint density at radius 1 is 0.412 bits per heavy atom. The minimum Gasteiger partial charge on any atom is -0.255 e. The molecule has 0 spiro atoms. The molecule has 2 aromatic heterocycles. The number of rotatable bonds is 0. The molecule has 156 valence electrons. The Bertz CT molecular complexity index is 1850. The van der Waals surface area contributed by atoms with E-state index in [0.717, 1.165) is 24.2 Å². The van der Waals surface area contributed by atoms with Crippen molar-refractivity contribution in [1.29, 1.82) is 0 Å². The van der Waals surface area contributed by atoms with Crippen molar-refractivity contribution in [2.45, 2.75) is 12.8 Å². The molecule has 0 fully saturated rings. The van der Waals surface area contributed by atoms with Gasteiger partial charge in [-0.2, -0.15) is 0 Å². The molecule has 2 nitrogen and oxygen atoms in total. The summed E-state index contributed by atoms with van der Waals surface area (Å²) in [5.74, 6) is 0. The van der Waals surface area contributed by atoms with E-state index in [0.29, 0.717) is 0 Å². The molecule has 0 N–H and O–H groups in total. The van der Waals surface area contributed by atoms with Crippen molar-refractivity contribution in [1.82, 2.24) is 9.97 Å². The third-order valence-corrected chi connectivity index (χ3v) is 8.13. The van der Waals surface area contributed by atoms with Gasteiger partial charge in [0.25, 0.3) is 0 Å². The first-order valence-electron chi connectivity index (χ1n) is 11.9. The fourth-order valence-corrected chi connectivity index (χ4v) is 6.69. The van der Waals surface area contributed by atoms with E-state index >= 15 is 0 Å². The summed E-state index contributed by atoms with van der Waals surface area (Å²) in [6.07, 6.45) is 6.15. The number of hydrogen-bond donors (Lipinski definition) is 0. The van der Waals surface area contributed by atoms with Gasteiger partial charge in [-0.1, -0.05) is 72.8 Å². The van der Waals surface area contributed by atoms with E-state index in [-0.39, 0.29) is 0 Å². The second kappa shape index (κ2) is 5.78. The predicted octanol–water partition coefficient (Wildman–Crippen LogP) is 7.67. The predicted molar refractivity (Wildman–Crippen MR) is 140 cm³/mol. The number of aromatic nitrogens is 2. The van der Waals surface area contributed by atoms with Crippen LogP contribution in [0, 0.1) is 0 Å². The highest BCUT2D eigenvalue weighted by molar-refractivity contribution is 6.35. The van der Waals surface area contributed by atoms with Gasteiger partial charge in [-0.15, -0.1) is 0 Å². The molecule has 0 amide bonds. The molecule has 0 saturated carbocycles. The van der Waals surface area contributed by atoms with Crippen molar-refractivity contribution in [2.75, 3.05) is 0 Å². The van der Waals surface area contributed by atoms with Gasteiger partial charge in [0.1, 0.15) is 0 Å². The molecule has 34 heavy (non-hydrogen) atoms. The van der Waals surface area contributed by atoms with E-state index in [1.807, 2.05) is 0 Å². The molecule has 9 rings (SSSR count). The first-order chi connectivity index (χ1) is 16.9. The fraction of sp³-hybridized carbons (Fsp3) is 0.0625. The largest absolute Gasteiger partial charge is 0.255 e. The summed E-state index contributed by atoms with van der Waals surface area (Å²) in [7, 11) is 0. The molecule has 0 aliphatic heterocycles. The Balaban J connectivity index is 1.51. The minimum atomic E-state index is 0.959. The lowest BCUT2D eigenvalue weighted by molar-refractivity contribution is 1.17. The summed E-state index contributed by atoms with van der Waals surface area (Å²) in [4.78, 5) is 10.2. The summed E-state index contributed by atoms with van der Waals surface area (Å²) in [6, 6.07) is 26.7. The monoisotopic (exact) mass is 430 g/mol. The van der Waals surface area contributed by atoms with Crippen molar-refractivity contribution < 1.29 is 0 Å². The van der Waals surface area contributed by atoms with Gasteiger partial charge >= 0.3 is 0 Å². The lowest BCUT2D eigenvalue weighted by Gasteiger charge is -2.25. The maximum atomic E-state index is 5.08. The van der Waals surface area contributed by atoms with Gasteiger partial charge in [-0.3, -0.25) is 9.97 Å². The Morgan fingerprint density at radius 2 is 0.882 bits per heavy atom. The Labute approximate surface area is 195 Å². The van der Waals surface area contributed by atoms with Crippen molar-refractivity contribution in [3.63, 3.8) is 0 Å². The number of pyridine rings is 2. The van der Waals surface area contributed by atoms with Crippen LogP contribution in [-0.2, 0) is 12.8 Å². The van der Waals surface area contributed by atoms with E-state index in [9.17, 15) is 0 Å². The summed E-state index contributed by atoms with van der Waals surface area (Å²) in [5, 5.41) is 10.4. The smallest absolute Gasteiger partial charge is 0.0786 e. The molecule has 0 bridgehead atoms. The molecular weight excluding hydrogens is 412 g/mol. The summed E-state index contributed by atoms with van der Waals surface area (Å²) < 4.78 is 0. The van der Waals surface area contributed by atoms with Crippen LogP contribution in [0.25, 0.3) is 65.6 Å². The first kappa shape index (κ1) is 17.2. The van der Waals surface area contributed by atoms with Crippen molar-refractivity contribution in [3.8, 4) is 22.5 Å². The molecule has 2 aliphatic carbocycles. The van der Waals surface area contributed by atoms with Gasteiger partial charge in [0.2, 0.25) is 0 Å². The van der Waals surface area contributed by atoms with Crippen LogP contribution in [0.3, 0.4) is 0 Å². The summed E-state index contributed by atoms with van der Waals surface area (Å²) in [6.45, 7) is 0. The zero-order valence-corrected chi connectivity index (χ0v) is 18.4. The van der Waals surface area contributed by atoms with Crippen LogP contribution in [0.5, 0.6) is 0 Å². The molecule has 0 radical (unpaired) electrons. The molecule has 0 saturated heterocycles. The maximum absolute atomic E-state index is 5.08. The Kier molecular flexibility index (Phi) is 2.93. The minimum absolute atomic E-state index is 0.959. The average molecular weight is 431 g/mol. The topological polar surface area (TPSA) is 25.8 Å². The van der Waals surface area contributed by atoms with Crippen LogP contribution in [0.2, 0.25) is 0 Å². The molecule has 5 aromatic carbocycles. The van der Waals surface area contributed by atoms with Crippen LogP contribution in [0.15, 0.2) is 85.2 Å². The zero-order chi connectivity index (χ0) is 22.0. The second-order valence-corrected chi connectivity index (χ2v) is 9.75. The molecule has 2 aliphatic rings. The highest BCUT2D eigenvalue weighted by Gasteiger charge is 2.26. The number of benzene rings is 5. The standard InChI is InChI=1S/C32H18N2/c1-3-7-21-17(5-1)13-19-9-11-23-26-16-34-32-22-8-4-2-6-18(22)14-20-10-12-24(30(26)28(20)32)25-15-33-31(21)27(19)29(23)25/h1-12,15-16H,13-14H2. The molecule has 7 aromatic rings. The second-order valence-electron chi connectivity index (χ2n) is 9.75. The highest BCUT2D eigenvalue weighted by Crippen LogP contribution is 2.49. The lowest BCUT2D eigenvalue weighted by Crippen LogP contribution is -2.05. The van der Waals surface area contributed by atoms with E-state index in [1.165, 1.54) is 76.5 Å². The number of nitrogens with zero attached hydrogens (tertiary/aromatic N) is 2. The highest BCUT2D eigenvalue weighted by atomic mass is 14.7. The van der Waals surface area contributed by atoms with Crippen molar-refractivity contribution in [2.24, 2.45) is 0 Å². The number of fused-ring (bicyclic) bond motifs is 6. The molecule has 0 atom stereocenters. The van der Waals surface area contributed by atoms with E-state index in [4.69, 9.17) is 9.97 Å². The van der Waals surface area contributed by atoms with Gasteiger partial charge in [0, 0.05) is 55.8 Å². The van der Waals surface area contributed by atoms with Crippen LogP contribution < -0.4 is 0 Å². The molecular formula is C32H18N2. The Hall–Kier alpha value is -4.30. The van der Waals surface area contributed by atoms with E-state index < -0.39 is 0 Å².